The van der Waals surface area contributed by atoms with E-state index < -0.39 is 0 Å². The molecule has 0 aliphatic carbocycles. The monoisotopic (exact) mass is 297 g/mol. The average molecular weight is 298 g/mol. The summed E-state index contributed by atoms with van der Waals surface area (Å²) in [7, 11) is 0. The number of hydrogen-bond acceptors (Lipinski definition) is 4. The highest BCUT2D eigenvalue weighted by molar-refractivity contribution is 9.10. The van der Waals surface area contributed by atoms with Crippen LogP contribution in [0.25, 0.3) is 0 Å². The molecule has 2 rings (SSSR count). The van der Waals surface area contributed by atoms with Crippen LogP contribution in [0.3, 0.4) is 0 Å². The van der Waals surface area contributed by atoms with E-state index in [1.54, 1.807) is 23.7 Å². The smallest absolute Gasteiger partial charge is 0.222 e. The molecule has 1 N–H and O–H groups in total. The maximum atomic E-state index is 4.17. The molecule has 0 saturated heterocycles. The van der Waals surface area contributed by atoms with E-state index in [1.165, 1.54) is 10.4 Å². The standard InChI is InChI=1S/C11H12BrN3S/c1-2-8-3-4-16-10(8)7-15-11-13-5-9(12)6-14-11/h3-6H,2,7H2,1H3,(H,13,14,15). The lowest BCUT2D eigenvalue weighted by Gasteiger charge is -2.04. The quantitative estimate of drug-likeness (QED) is 0.939. The van der Waals surface area contributed by atoms with Crippen LogP contribution >= 0.6 is 27.3 Å². The summed E-state index contributed by atoms with van der Waals surface area (Å²) in [5, 5.41) is 5.34. The second kappa shape index (κ2) is 5.41. The van der Waals surface area contributed by atoms with Gasteiger partial charge in [-0.15, -0.1) is 11.3 Å². The number of aromatic nitrogens is 2. The van der Waals surface area contributed by atoms with Crippen molar-refractivity contribution in [2.45, 2.75) is 19.9 Å². The van der Waals surface area contributed by atoms with Crippen molar-refractivity contribution in [2.24, 2.45) is 0 Å². The normalized spacial score (nSPS) is 10.4. The first kappa shape index (κ1) is 11.5. The first-order valence-corrected chi connectivity index (χ1v) is 6.73. The lowest BCUT2D eigenvalue weighted by Crippen LogP contribution is -2.03. The highest BCUT2D eigenvalue weighted by atomic mass is 79.9. The van der Waals surface area contributed by atoms with E-state index in [0.717, 1.165) is 17.4 Å². The van der Waals surface area contributed by atoms with Gasteiger partial charge in [0.15, 0.2) is 0 Å². The minimum Gasteiger partial charge on any atom is -0.349 e. The van der Waals surface area contributed by atoms with Crippen molar-refractivity contribution in [1.82, 2.24) is 9.97 Å². The van der Waals surface area contributed by atoms with Gasteiger partial charge < -0.3 is 5.32 Å². The number of hydrogen-bond donors (Lipinski definition) is 1. The zero-order valence-electron chi connectivity index (χ0n) is 8.90. The van der Waals surface area contributed by atoms with Crippen LogP contribution in [0, 0.1) is 0 Å². The summed E-state index contributed by atoms with van der Waals surface area (Å²) in [6.07, 6.45) is 4.55. The Hall–Kier alpha value is -0.940. The molecule has 84 valence electrons. The lowest BCUT2D eigenvalue weighted by molar-refractivity contribution is 1.03. The number of rotatable bonds is 4. The average Bonchev–Trinajstić information content (AvgIpc) is 2.76. The third-order valence-electron chi connectivity index (χ3n) is 2.25. The summed E-state index contributed by atoms with van der Waals surface area (Å²) in [5.41, 5.74) is 1.40. The molecule has 5 heteroatoms. The van der Waals surface area contributed by atoms with E-state index in [9.17, 15) is 0 Å². The van der Waals surface area contributed by atoms with Gasteiger partial charge in [-0.2, -0.15) is 0 Å². The predicted octanol–water partition coefficient (Wildman–Crippen LogP) is 3.48. The fourth-order valence-corrected chi connectivity index (χ4v) is 2.52. The van der Waals surface area contributed by atoms with E-state index in [4.69, 9.17) is 0 Å². The van der Waals surface area contributed by atoms with Gasteiger partial charge in [-0.05, 0) is 39.4 Å². The van der Waals surface area contributed by atoms with E-state index in [2.05, 4.69) is 49.6 Å². The van der Waals surface area contributed by atoms with Gasteiger partial charge in [0.1, 0.15) is 0 Å². The van der Waals surface area contributed by atoms with Gasteiger partial charge in [0.25, 0.3) is 0 Å². The Morgan fingerprint density at radius 2 is 2.12 bits per heavy atom. The first-order chi connectivity index (χ1) is 7.79. The molecule has 0 unspecified atom stereocenters. The Balaban J connectivity index is 1.99. The van der Waals surface area contributed by atoms with Crippen LogP contribution in [-0.4, -0.2) is 9.97 Å². The van der Waals surface area contributed by atoms with Crippen LogP contribution in [0.2, 0.25) is 0 Å². The van der Waals surface area contributed by atoms with Gasteiger partial charge in [-0.3, -0.25) is 0 Å². The van der Waals surface area contributed by atoms with E-state index in [-0.39, 0.29) is 0 Å². The second-order valence-electron chi connectivity index (χ2n) is 3.30. The van der Waals surface area contributed by atoms with Gasteiger partial charge in [-0.25, -0.2) is 9.97 Å². The molecule has 0 saturated carbocycles. The maximum Gasteiger partial charge on any atom is 0.222 e. The molecule has 0 atom stereocenters. The van der Waals surface area contributed by atoms with E-state index in [1.807, 2.05) is 0 Å². The molecule has 0 aliphatic rings. The fourth-order valence-electron chi connectivity index (χ4n) is 1.40. The maximum absolute atomic E-state index is 4.17. The molecule has 16 heavy (non-hydrogen) atoms. The molecule has 0 aromatic carbocycles. The van der Waals surface area contributed by atoms with E-state index >= 15 is 0 Å². The van der Waals surface area contributed by atoms with Crippen LogP contribution in [0.1, 0.15) is 17.4 Å². The van der Waals surface area contributed by atoms with Crippen molar-refractivity contribution in [3.63, 3.8) is 0 Å². The Bertz CT molecular complexity index is 453. The molecule has 2 heterocycles. The van der Waals surface area contributed by atoms with Gasteiger partial charge >= 0.3 is 0 Å². The Labute approximate surface area is 107 Å². The third-order valence-corrected chi connectivity index (χ3v) is 3.62. The Morgan fingerprint density at radius 1 is 1.38 bits per heavy atom. The van der Waals surface area contributed by atoms with Crippen molar-refractivity contribution in [3.8, 4) is 0 Å². The number of thiophene rings is 1. The first-order valence-electron chi connectivity index (χ1n) is 5.06. The zero-order valence-corrected chi connectivity index (χ0v) is 11.3. The Kier molecular flexibility index (Phi) is 3.90. The Morgan fingerprint density at radius 3 is 2.81 bits per heavy atom. The third kappa shape index (κ3) is 2.80. The summed E-state index contributed by atoms with van der Waals surface area (Å²) in [5.74, 6) is 0.665. The molecule has 0 amide bonds. The van der Waals surface area contributed by atoms with Crippen molar-refractivity contribution in [1.29, 1.82) is 0 Å². The predicted molar refractivity (Wildman–Crippen MR) is 70.8 cm³/mol. The van der Waals surface area contributed by atoms with Crippen molar-refractivity contribution in [3.05, 3.63) is 38.8 Å². The van der Waals surface area contributed by atoms with Crippen LogP contribution in [-0.2, 0) is 13.0 Å². The van der Waals surface area contributed by atoms with Crippen LogP contribution < -0.4 is 5.32 Å². The topological polar surface area (TPSA) is 37.8 Å². The highest BCUT2D eigenvalue weighted by Gasteiger charge is 2.02. The number of aryl methyl sites for hydroxylation is 1. The number of nitrogens with zero attached hydrogens (tertiary/aromatic N) is 2. The summed E-state index contributed by atoms with van der Waals surface area (Å²) in [6.45, 7) is 2.96. The van der Waals surface area contributed by atoms with Gasteiger partial charge in [0.2, 0.25) is 5.95 Å². The molecule has 0 spiro atoms. The fraction of sp³-hybridized carbons (Fsp3) is 0.273. The second-order valence-corrected chi connectivity index (χ2v) is 5.22. The van der Waals surface area contributed by atoms with Crippen molar-refractivity contribution >= 4 is 33.2 Å². The van der Waals surface area contributed by atoms with Gasteiger partial charge in [0.05, 0.1) is 11.0 Å². The van der Waals surface area contributed by atoms with Crippen LogP contribution in [0.15, 0.2) is 28.3 Å². The molecular weight excluding hydrogens is 286 g/mol. The molecular formula is C11H12BrN3S. The highest BCUT2D eigenvalue weighted by Crippen LogP contribution is 2.18. The van der Waals surface area contributed by atoms with Gasteiger partial charge in [0, 0.05) is 17.3 Å². The van der Waals surface area contributed by atoms with Crippen molar-refractivity contribution in [2.75, 3.05) is 5.32 Å². The van der Waals surface area contributed by atoms with E-state index in [0.29, 0.717) is 5.95 Å². The molecule has 0 fully saturated rings. The molecule has 0 radical (unpaired) electrons. The van der Waals surface area contributed by atoms with Crippen molar-refractivity contribution < 1.29 is 0 Å². The molecule has 2 aromatic heterocycles. The minimum absolute atomic E-state index is 0.665. The minimum atomic E-state index is 0.665. The summed E-state index contributed by atoms with van der Waals surface area (Å²) < 4.78 is 0.892. The van der Waals surface area contributed by atoms with Crippen LogP contribution in [0.4, 0.5) is 5.95 Å². The molecule has 3 nitrogen and oxygen atoms in total. The summed E-state index contributed by atoms with van der Waals surface area (Å²) in [4.78, 5) is 9.69. The summed E-state index contributed by atoms with van der Waals surface area (Å²) >= 11 is 5.08. The number of nitrogens with one attached hydrogen (secondary N) is 1. The number of anilines is 1. The lowest BCUT2D eigenvalue weighted by atomic mass is 10.2. The molecule has 0 bridgehead atoms. The molecule has 0 aliphatic heterocycles. The number of halogens is 1. The van der Waals surface area contributed by atoms with Gasteiger partial charge in [-0.1, -0.05) is 6.92 Å². The molecule has 2 aromatic rings. The summed E-state index contributed by atoms with van der Waals surface area (Å²) in [6, 6.07) is 2.17. The van der Waals surface area contributed by atoms with Crippen LogP contribution in [0.5, 0.6) is 0 Å². The SMILES string of the molecule is CCc1ccsc1CNc1ncc(Br)cn1. The zero-order chi connectivity index (χ0) is 11.4. The largest absolute Gasteiger partial charge is 0.349 e.